The van der Waals surface area contributed by atoms with E-state index in [1.807, 2.05) is 53.4 Å². The van der Waals surface area contributed by atoms with Crippen LogP contribution in [0.2, 0.25) is 0 Å². The molecule has 0 atom stereocenters. The molecule has 1 aliphatic rings. The molecular weight excluding hydrogens is 264 g/mol. The summed E-state index contributed by atoms with van der Waals surface area (Å²) >= 11 is 0. The van der Waals surface area contributed by atoms with Gasteiger partial charge in [-0.15, -0.1) is 0 Å². The number of hydrogen-bond donors (Lipinski definition) is 2. The zero-order valence-corrected chi connectivity index (χ0v) is 12.0. The molecule has 3 rings (SSSR count). The zero-order valence-electron chi connectivity index (χ0n) is 12.0. The number of aliphatic hydroxyl groups excluding tert-OH is 1. The van der Waals surface area contributed by atoms with Crippen molar-refractivity contribution in [1.82, 2.24) is 9.88 Å². The molecule has 1 amide bonds. The van der Waals surface area contributed by atoms with Crippen LogP contribution in [-0.4, -0.2) is 28.7 Å². The summed E-state index contributed by atoms with van der Waals surface area (Å²) in [6.45, 7) is 0.854. The van der Waals surface area contributed by atoms with Crippen molar-refractivity contribution in [1.29, 1.82) is 0 Å². The van der Waals surface area contributed by atoms with Crippen molar-refractivity contribution in [2.45, 2.75) is 19.3 Å². The van der Waals surface area contributed by atoms with Gasteiger partial charge in [0.2, 0.25) is 0 Å². The number of nitrogens with zero attached hydrogens (tertiary/aromatic N) is 1. The van der Waals surface area contributed by atoms with Gasteiger partial charge in [-0.2, -0.15) is 0 Å². The van der Waals surface area contributed by atoms with Crippen LogP contribution in [0.15, 0.2) is 48.8 Å². The Morgan fingerprint density at radius 2 is 1.86 bits per heavy atom. The fraction of sp³-hybridized carbons (Fsp3) is 0.353. The lowest BCUT2D eigenvalue weighted by Crippen LogP contribution is -2.30. The van der Waals surface area contributed by atoms with E-state index in [1.165, 1.54) is 0 Å². The Hall–Kier alpha value is -2.07. The molecule has 0 unspecified atom stereocenters. The number of hydrogen-bond acceptors (Lipinski definition) is 2. The highest BCUT2D eigenvalue weighted by atomic mass is 16.3. The number of carbonyl (C=O) groups is 1. The molecule has 1 aromatic carbocycles. The second-order valence-electron chi connectivity index (χ2n) is 5.79. The predicted octanol–water partition coefficient (Wildman–Crippen LogP) is 2.37. The zero-order chi connectivity index (χ0) is 14.7. The van der Waals surface area contributed by atoms with Gasteiger partial charge < -0.3 is 15.0 Å². The second kappa shape index (κ2) is 5.74. The molecule has 0 spiro atoms. The van der Waals surface area contributed by atoms with Crippen molar-refractivity contribution in [2.24, 2.45) is 5.41 Å². The van der Waals surface area contributed by atoms with Crippen LogP contribution >= 0.6 is 0 Å². The maximum atomic E-state index is 12.1. The average Bonchev–Trinajstić information content (AvgIpc) is 3.06. The lowest BCUT2D eigenvalue weighted by molar-refractivity contribution is 0.0941. The number of aliphatic hydroxyl groups is 1. The van der Waals surface area contributed by atoms with Crippen molar-refractivity contribution in [2.75, 3.05) is 13.2 Å². The van der Waals surface area contributed by atoms with Gasteiger partial charge in [0.1, 0.15) is 0 Å². The van der Waals surface area contributed by atoms with Gasteiger partial charge in [0.25, 0.3) is 5.91 Å². The Bertz CT molecular complexity index is 598. The first-order chi connectivity index (χ1) is 10.2. The summed E-state index contributed by atoms with van der Waals surface area (Å²) in [5, 5.41) is 12.0. The maximum Gasteiger partial charge on any atom is 0.251 e. The van der Waals surface area contributed by atoms with Crippen LogP contribution in [0.25, 0.3) is 5.69 Å². The number of benzene rings is 1. The summed E-state index contributed by atoms with van der Waals surface area (Å²) in [6.07, 6.45) is 6.92. The number of nitrogens with one attached hydrogen (secondary N) is 1. The summed E-state index contributed by atoms with van der Waals surface area (Å²) in [5.74, 6) is -0.0433. The summed E-state index contributed by atoms with van der Waals surface area (Å²) < 4.78 is 2.00. The molecule has 4 nitrogen and oxygen atoms in total. The first-order valence-electron chi connectivity index (χ1n) is 7.35. The van der Waals surface area contributed by atoms with Crippen molar-refractivity contribution in [3.05, 3.63) is 54.4 Å². The number of carbonyl (C=O) groups excluding carboxylic acids is 1. The molecule has 1 heterocycles. The topological polar surface area (TPSA) is 54.3 Å². The van der Waals surface area contributed by atoms with Gasteiger partial charge in [-0.1, -0.05) is 0 Å². The number of aromatic nitrogens is 1. The van der Waals surface area contributed by atoms with Gasteiger partial charge in [-0.25, -0.2) is 0 Å². The lowest BCUT2D eigenvalue weighted by atomic mass is 10.0. The Morgan fingerprint density at radius 1 is 1.19 bits per heavy atom. The summed E-state index contributed by atoms with van der Waals surface area (Å²) in [5.41, 5.74) is 1.86. The van der Waals surface area contributed by atoms with Gasteiger partial charge >= 0.3 is 0 Å². The SMILES string of the molecule is O=C(NCC1(CCO)CC1)c1ccc(-n2cccc2)cc1. The van der Waals surface area contributed by atoms with E-state index in [4.69, 9.17) is 5.11 Å². The average molecular weight is 284 g/mol. The van der Waals surface area contributed by atoms with Gasteiger partial charge in [0.15, 0.2) is 0 Å². The van der Waals surface area contributed by atoms with E-state index in [9.17, 15) is 4.79 Å². The fourth-order valence-corrected chi connectivity index (χ4v) is 2.59. The van der Waals surface area contributed by atoms with E-state index in [0.29, 0.717) is 12.1 Å². The Labute approximate surface area is 124 Å². The highest BCUT2D eigenvalue weighted by Gasteiger charge is 2.41. The van der Waals surface area contributed by atoms with Crippen molar-refractivity contribution in [3.63, 3.8) is 0 Å². The number of amides is 1. The molecule has 1 fully saturated rings. The minimum atomic E-state index is -0.0433. The lowest BCUT2D eigenvalue weighted by Gasteiger charge is -2.14. The Kier molecular flexibility index (Phi) is 3.80. The van der Waals surface area contributed by atoms with Gasteiger partial charge in [-0.3, -0.25) is 4.79 Å². The molecule has 0 saturated heterocycles. The highest BCUT2D eigenvalue weighted by molar-refractivity contribution is 5.94. The van der Waals surface area contributed by atoms with Crippen LogP contribution in [0.3, 0.4) is 0 Å². The van der Waals surface area contributed by atoms with E-state index in [2.05, 4.69) is 5.32 Å². The van der Waals surface area contributed by atoms with E-state index < -0.39 is 0 Å². The normalized spacial score (nSPS) is 15.7. The Balaban J connectivity index is 1.60. The summed E-state index contributed by atoms with van der Waals surface area (Å²) in [4.78, 5) is 12.1. The minimum Gasteiger partial charge on any atom is -0.396 e. The second-order valence-corrected chi connectivity index (χ2v) is 5.79. The van der Waals surface area contributed by atoms with E-state index in [0.717, 1.165) is 24.9 Å². The first-order valence-corrected chi connectivity index (χ1v) is 7.35. The van der Waals surface area contributed by atoms with Crippen LogP contribution < -0.4 is 5.32 Å². The van der Waals surface area contributed by atoms with E-state index >= 15 is 0 Å². The summed E-state index contributed by atoms with van der Waals surface area (Å²) in [7, 11) is 0. The van der Waals surface area contributed by atoms with E-state index in [-0.39, 0.29) is 17.9 Å². The Morgan fingerprint density at radius 3 is 2.43 bits per heavy atom. The molecule has 110 valence electrons. The first kappa shape index (κ1) is 13.9. The van der Waals surface area contributed by atoms with Crippen LogP contribution in [0, 0.1) is 5.41 Å². The van der Waals surface area contributed by atoms with Gasteiger partial charge in [-0.05, 0) is 61.1 Å². The molecule has 1 saturated carbocycles. The smallest absolute Gasteiger partial charge is 0.251 e. The minimum absolute atomic E-state index is 0.0433. The maximum absolute atomic E-state index is 12.1. The highest BCUT2D eigenvalue weighted by Crippen LogP contribution is 2.47. The monoisotopic (exact) mass is 284 g/mol. The molecule has 4 heteroatoms. The van der Waals surface area contributed by atoms with Crippen molar-refractivity contribution < 1.29 is 9.90 Å². The van der Waals surface area contributed by atoms with Gasteiger partial charge in [0, 0.05) is 36.8 Å². The van der Waals surface area contributed by atoms with Crippen molar-refractivity contribution >= 4 is 5.91 Å². The third-order valence-electron chi connectivity index (χ3n) is 4.26. The molecular formula is C17H20N2O2. The predicted molar refractivity (Wildman–Crippen MR) is 81.5 cm³/mol. The molecule has 0 aliphatic heterocycles. The number of rotatable bonds is 6. The van der Waals surface area contributed by atoms with Crippen LogP contribution in [0.5, 0.6) is 0 Å². The van der Waals surface area contributed by atoms with E-state index in [1.54, 1.807) is 0 Å². The molecule has 2 N–H and O–H groups in total. The molecule has 0 radical (unpaired) electrons. The fourth-order valence-electron chi connectivity index (χ4n) is 2.59. The largest absolute Gasteiger partial charge is 0.396 e. The van der Waals surface area contributed by atoms with Gasteiger partial charge in [0.05, 0.1) is 0 Å². The molecule has 1 aromatic heterocycles. The van der Waals surface area contributed by atoms with Crippen LogP contribution in [0.1, 0.15) is 29.6 Å². The standard InChI is InChI=1S/C17H20N2O2/c20-12-9-17(7-8-17)13-18-16(21)14-3-5-15(6-4-14)19-10-1-2-11-19/h1-6,10-11,20H,7-9,12-13H2,(H,18,21). The quantitative estimate of drug-likeness (QED) is 0.855. The molecule has 2 aromatic rings. The van der Waals surface area contributed by atoms with Crippen LogP contribution in [0.4, 0.5) is 0 Å². The summed E-state index contributed by atoms with van der Waals surface area (Å²) in [6, 6.07) is 11.5. The molecule has 21 heavy (non-hydrogen) atoms. The van der Waals surface area contributed by atoms with Crippen molar-refractivity contribution in [3.8, 4) is 5.69 Å². The third-order valence-corrected chi connectivity index (χ3v) is 4.26. The molecule has 0 bridgehead atoms. The molecule has 1 aliphatic carbocycles. The van der Waals surface area contributed by atoms with Crippen LogP contribution in [-0.2, 0) is 0 Å². The third kappa shape index (κ3) is 3.16.